The second-order valence-electron chi connectivity index (χ2n) is 5.44. The van der Waals surface area contributed by atoms with E-state index in [0.29, 0.717) is 0 Å². The van der Waals surface area contributed by atoms with Crippen LogP contribution in [-0.2, 0) is 40.1 Å². The Morgan fingerprint density at radius 1 is 0.462 bits per heavy atom. The minimum atomic E-state index is -3.86. The van der Waals surface area contributed by atoms with Gasteiger partial charge >= 0.3 is 0 Å². The van der Waals surface area contributed by atoms with Crippen molar-refractivity contribution in [1.29, 1.82) is 0 Å². The number of nitrogens with one attached hydrogen (secondary N) is 4. The van der Waals surface area contributed by atoms with Gasteiger partial charge in [-0.15, -0.1) is 0 Å². The molecule has 0 unspecified atom stereocenters. The summed E-state index contributed by atoms with van der Waals surface area (Å²) in [5, 5.41) is 0. The Morgan fingerprint density at radius 2 is 0.615 bits per heavy atom. The van der Waals surface area contributed by atoms with Crippen LogP contribution in [0.15, 0.2) is 12.1 Å². The Kier molecular flexibility index (Phi) is 6.07. The summed E-state index contributed by atoms with van der Waals surface area (Å²) < 4.78 is 100. The predicted molar refractivity (Wildman–Crippen MR) is 100 cm³/mol. The van der Waals surface area contributed by atoms with Crippen LogP contribution in [0.3, 0.4) is 0 Å². The Hall–Kier alpha value is -1.78. The molecule has 4 N–H and O–H groups in total. The van der Waals surface area contributed by atoms with Crippen molar-refractivity contribution in [2.75, 3.05) is 43.9 Å². The van der Waals surface area contributed by atoms with Crippen LogP contribution < -0.4 is 18.9 Å². The van der Waals surface area contributed by atoms with E-state index in [4.69, 9.17) is 0 Å². The van der Waals surface area contributed by atoms with E-state index in [9.17, 15) is 33.7 Å². The van der Waals surface area contributed by atoms with Crippen LogP contribution >= 0.6 is 0 Å². The van der Waals surface area contributed by atoms with E-state index in [1.165, 1.54) is 0 Å². The van der Waals surface area contributed by atoms with Crippen molar-refractivity contribution >= 4 is 62.8 Å². The molecule has 0 aliphatic carbocycles. The molecular formula is C10H18N4O8S4. The highest BCUT2D eigenvalue weighted by molar-refractivity contribution is 7.93. The molecule has 0 atom stereocenters. The first kappa shape index (κ1) is 22.3. The summed E-state index contributed by atoms with van der Waals surface area (Å²) >= 11 is 0. The first-order chi connectivity index (χ1) is 11.3. The molecule has 0 spiro atoms. The van der Waals surface area contributed by atoms with Crippen LogP contribution in [0.25, 0.3) is 0 Å². The van der Waals surface area contributed by atoms with Crippen LogP contribution in [0.1, 0.15) is 0 Å². The third kappa shape index (κ3) is 8.54. The lowest BCUT2D eigenvalue weighted by molar-refractivity contribution is 0.604. The molecule has 1 rings (SSSR count). The zero-order chi connectivity index (χ0) is 20.6. The van der Waals surface area contributed by atoms with Crippen molar-refractivity contribution in [1.82, 2.24) is 0 Å². The quantitative estimate of drug-likeness (QED) is 0.395. The molecule has 0 saturated carbocycles. The second-order valence-corrected chi connectivity index (χ2v) is 12.4. The lowest BCUT2D eigenvalue weighted by atomic mass is 10.2. The van der Waals surface area contributed by atoms with Crippen molar-refractivity contribution in [3.05, 3.63) is 12.1 Å². The van der Waals surface area contributed by atoms with Gasteiger partial charge in [-0.25, -0.2) is 33.7 Å². The summed E-state index contributed by atoms with van der Waals surface area (Å²) in [7, 11) is -15.5. The molecule has 150 valence electrons. The van der Waals surface area contributed by atoms with Crippen LogP contribution in [0.4, 0.5) is 22.7 Å². The molecule has 0 aromatic heterocycles. The average molecular weight is 451 g/mol. The minimum absolute atomic E-state index is 0.317. The lowest BCUT2D eigenvalue weighted by Gasteiger charge is -2.18. The second kappa shape index (κ2) is 7.09. The summed E-state index contributed by atoms with van der Waals surface area (Å²) in [5.74, 6) is 0. The van der Waals surface area contributed by atoms with Gasteiger partial charge in [-0.3, -0.25) is 18.9 Å². The molecule has 0 fully saturated rings. The Morgan fingerprint density at radius 3 is 0.731 bits per heavy atom. The number of sulfonamides is 4. The van der Waals surface area contributed by atoms with E-state index in [2.05, 4.69) is 0 Å². The molecule has 1 aromatic rings. The molecule has 0 bridgehead atoms. The molecule has 0 aliphatic rings. The van der Waals surface area contributed by atoms with Crippen molar-refractivity contribution in [2.45, 2.75) is 0 Å². The zero-order valence-electron chi connectivity index (χ0n) is 14.1. The summed E-state index contributed by atoms with van der Waals surface area (Å²) in [6, 6.07) is 1.87. The SMILES string of the molecule is CS(=O)(=O)Nc1cc(NS(C)(=O)=O)c(NS(C)(=O)=O)cc1NS(C)(=O)=O. The fraction of sp³-hybridized carbons (Fsp3) is 0.400. The van der Waals surface area contributed by atoms with Gasteiger partial charge in [0.15, 0.2) is 0 Å². The predicted octanol–water partition coefficient (Wildman–Crippen LogP) is -0.827. The largest absolute Gasteiger partial charge is 0.282 e. The molecule has 0 saturated heterocycles. The highest BCUT2D eigenvalue weighted by Crippen LogP contribution is 2.35. The number of hydrogen-bond acceptors (Lipinski definition) is 8. The first-order valence-corrected chi connectivity index (χ1v) is 14.0. The summed E-state index contributed by atoms with van der Waals surface area (Å²) in [5.41, 5.74) is -1.27. The molecule has 0 aliphatic heterocycles. The Bertz CT molecular complexity index is 943. The zero-order valence-corrected chi connectivity index (χ0v) is 17.3. The van der Waals surface area contributed by atoms with Crippen molar-refractivity contribution in [3.63, 3.8) is 0 Å². The Labute approximate surface area is 152 Å². The van der Waals surface area contributed by atoms with E-state index < -0.39 is 40.1 Å². The van der Waals surface area contributed by atoms with Crippen molar-refractivity contribution in [2.24, 2.45) is 0 Å². The topological polar surface area (TPSA) is 185 Å². The van der Waals surface area contributed by atoms with Gasteiger partial charge in [-0.05, 0) is 12.1 Å². The molecule has 0 heterocycles. The van der Waals surface area contributed by atoms with Gasteiger partial charge in [0.1, 0.15) is 0 Å². The monoisotopic (exact) mass is 450 g/mol. The normalized spacial score (nSPS) is 13.1. The van der Waals surface area contributed by atoms with Gasteiger partial charge in [-0.2, -0.15) is 0 Å². The summed E-state index contributed by atoms with van der Waals surface area (Å²) in [4.78, 5) is 0. The van der Waals surface area contributed by atoms with Crippen LogP contribution in [0.2, 0.25) is 0 Å². The standard InChI is InChI=1S/C10H18N4O8S4/c1-23(15,16)11-7-5-9(13-25(3,19)20)10(14-26(4,21)22)6-8(7)12-24(2,17)18/h5-6,11-14H,1-4H3. The third-order valence-electron chi connectivity index (χ3n) is 2.34. The number of hydrogen-bond donors (Lipinski definition) is 4. The van der Waals surface area contributed by atoms with Gasteiger partial charge < -0.3 is 0 Å². The molecule has 0 amide bonds. The van der Waals surface area contributed by atoms with E-state index in [1.807, 2.05) is 18.9 Å². The fourth-order valence-electron chi connectivity index (χ4n) is 1.74. The molecule has 1 aromatic carbocycles. The number of anilines is 4. The maximum atomic E-state index is 11.5. The molecule has 26 heavy (non-hydrogen) atoms. The molecule has 16 heteroatoms. The summed E-state index contributed by atoms with van der Waals surface area (Å²) in [6.45, 7) is 0. The van der Waals surface area contributed by atoms with Gasteiger partial charge in [0.05, 0.1) is 47.8 Å². The van der Waals surface area contributed by atoms with E-state index in [1.54, 1.807) is 0 Å². The fourth-order valence-corrected chi connectivity index (χ4v) is 4.01. The van der Waals surface area contributed by atoms with Crippen LogP contribution in [0, 0.1) is 0 Å². The van der Waals surface area contributed by atoms with Gasteiger partial charge in [0.2, 0.25) is 40.1 Å². The number of benzene rings is 1. The minimum Gasteiger partial charge on any atom is -0.282 e. The highest BCUT2D eigenvalue weighted by atomic mass is 32.2. The maximum absolute atomic E-state index is 11.5. The molecule has 12 nitrogen and oxygen atoms in total. The van der Waals surface area contributed by atoms with E-state index in [-0.39, 0.29) is 22.7 Å². The van der Waals surface area contributed by atoms with E-state index >= 15 is 0 Å². The average Bonchev–Trinajstić information content (AvgIpc) is 2.26. The van der Waals surface area contributed by atoms with Gasteiger partial charge in [0.25, 0.3) is 0 Å². The van der Waals surface area contributed by atoms with Gasteiger partial charge in [0, 0.05) is 0 Å². The number of rotatable bonds is 8. The van der Waals surface area contributed by atoms with Crippen LogP contribution in [0.5, 0.6) is 0 Å². The smallest absolute Gasteiger partial charge is 0.229 e. The maximum Gasteiger partial charge on any atom is 0.229 e. The summed E-state index contributed by atoms with van der Waals surface area (Å²) in [6.07, 6.45) is 3.18. The Balaban J connectivity index is 3.73. The van der Waals surface area contributed by atoms with E-state index in [0.717, 1.165) is 37.2 Å². The van der Waals surface area contributed by atoms with Crippen molar-refractivity contribution < 1.29 is 33.7 Å². The molecule has 0 radical (unpaired) electrons. The third-order valence-corrected chi connectivity index (χ3v) is 4.70. The lowest BCUT2D eigenvalue weighted by Crippen LogP contribution is -2.19. The first-order valence-electron chi connectivity index (χ1n) is 6.44. The molecular weight excluding hydrogens is 432 g/mol. The van der Waals surface area contributed by atoms with Crippen LogP contribution in [-0.4, -0.2) is 58.7 Å². The van der Waals surface area contributed by atoms with Gasteiger partial charge in [-0.1, -0.05) is 0 Å². The van der Waals surface area contributed by atoms with Crippen molar-refractivity contribution in [3.8, 4) is 0 Å². The highest BCUT2D eigenvalue weighted by Gasteiger charge is 2.19.